The molecule has 0 unspecified atom stereocenters. The number of sulfonamides is 1. The first-order valence-electron chi connectivity index (χ1n) is 5.52. The van der Waals surface area contributed by atoms with Gasteiger partial charge in [-0.3, -0.25) is 0 Å². The van der Waals surface area contributed by atoms with Crippen LogP contribution in [-0.2, 0) is 19.1 Å². The summed E-state index contributed by atoms with van der Waals surface area (Å²) in [6.45, 7) is 0.677. The maximum absolute atomic E-state index is 12.3. The Labute approximate surface area is 117 Å². The summed E-state index contributed by atoms with van der Waals surface area (Å²) in [5.41, 5.74) is 0. The van der Waals surface area contributed by atoms with E-state index in [1.165, 1.54) is 22.5 Å². The van der Waals surface area contributed by atoms with Crippen LogP contribution in [0.3, 0.4) is 0 Å². The monoisotopic (exact) mass is 321 g/mol. The van der Waals surface area contributed by atoms with Crippen LogP contribution in [0.2, 0.25) is 0 Å². The molecule has 19 heavy (non-hydrogen) atoms. The van der Waals surface area contributed by atoms with E-state index in [2.05, 4.69) is 0 Å². The first-order chi connectivity index (χ1) is 8.82. The minimum Gasteiger partial charge on any atom is -0.207 e. The van der Waals surface area contributed by atoms with Gasteiger partial charge in [0, 0.05) is 23.8 Å². The van der Waals surface area contributed by atoms with E-state index in [0.29, 0.717) is 19.5 Å². The van der Waals surface area contributed by atoms with Crippen LogP contribution < -0.4 is 0 Å². The molecule has 0 saturated heterocycles. The second-order valence-corrected chi connectivity index (χ2v) is 8.54. The Morgan fingerprint density at radius 3 is 2.32 bits per heavy atom. The predicted octanol–water partition coefficient (Wildman–Crippen LogP) is 1.56. The van der Waals surface area contributed by atoms with Gasteiger partial charge in [-0.25, -0.2) is 16.8 Å². The standard InChI is InChI=1S/C11H12ClNO4S2/c12-18(14,15)10-5-4-6-11(9-10)19(16,17)13-7-2-1-3-8-13/h1-2,4-6,9H,3,7-8H2. The normalized spacial score (nSPS) is 17.5. The van der Waals surface area contributed by atoms with Gasteiger partial charge in [0.1, 0.15) is 0 Å². The predicted molar refractivity (Wildman–Crippen MR) is 72.0 cm³/mol. The highest BCUT2D eigenvalue weighted by Gasteiger charge is 2.25. The van der Waals surface area contributed by atoms with Crippen molar-refractivity contribution in [1.29, 1.82) is 0 Å². The first-order valence-corrected chi connectivity index (χ1v) is 9.26. The Morgan fingerprint density at radius 2 is 1.74 bits per heavy atom. The molecule has 0 amide bonds. The topological polar surface area (TPSA) is 71.5 Å². The lowest BCUT2D eigenvalue weighted by Gasteiger charge is -2.22. The molecule has 2 rings (SSSR count). The zero-order valence-corrected chi connectivity index (χ0v) is 12.2. The lowest BCUT2D eigenvalue weighted by molar-refractivity contribution is 0.437. The van der Waals surface area contributed by atoms with E-state index >= 15 is 0 Å². The van der Waals surface area contributed by atoms with Gasteiger partial charge < -0.3 is 0 Å². The third-order valence-corrected chi connectivity index (χ3v) is 5.96. The quantitative estimate of drug-likeness (QED) is 0.625. The number of nitrogens with zero attached hydrogens (tertiary/aromatic N) is 1. The van der Waals surface area contributed by atoms with Gasteiger partial charge in [-0.15, -0.1) is 0 Å². The van der Waals surface area contributed by atoms with E-state index in [0.717, 1.165) is 6.07 Å². The van der Waals surface area contributed by atoms with Crippen LogP contribution in [0.15, 0.2) is 46.2 Å². The van der Waals surface area contributed by atoms with Crippen molar-refractivity contribution in [3.63, 3.8) is 0 Å². The molecule has 0 aromatic heterocycles. The smallest absolute Gasteiger partial charge is 0.207 e. The molecular formula is C11H12ClNO4S2. The molecule has 1 aromatic rings. The highest BCUT2D eigenvalue weighted by atomic mass is 35.7. The first kappa shape index (κ1) is 14.5. The SMILES string of the molecule is O=S(=O)(Cl)c1cccc(S(=O)(=O)N2CC=CCC2)c1. The summed E-state index contributed by atoms with van der Waals surface area (Å²) < 4.78 is 48.4. The molecule has 1 aliphatic rings. The molecule has 104 valence electrons. The summed E-state index contributed by atoms with van der Waals surface area (Å²) in [5, 5.41) is 0. The fourth-order valence-electron chi connectivity index (χ4n) is 1.77. The third kappa shape index (κ3) is 3.17. The summed E-state index contributed by atoms with van der Waals surface area (Å²) in [7, 11) is -2.41. The van der Waals surface area contributed by atoms with Crippen molar-refractivity contribution in [1.82, 2.24) is 4.31 Å². The molecule has 0 radical (unpaired) electrons. The van der Waals surface area contributed by atoms with Gasteiger partial charge in [-0.2, -0.15) is 4.31 Å². The molecule has 0 atom stereocenters. The van der Waals surface area contributed by atoms with Crippen LogP contribution in [0, 0.1) is 0 Å². The third-order valence-electron chi connectivity index (χ3n) is 2.75. The van der Waals surface area contributed by atoms with Gasteiger partial charge in [-0.1, -0.05) is 18.2 Å². The lowest BCUT2D eigenvalue weighted by Crippen LogP contribution is -2.33. The average molecular weight is 322 g/mol. The van der Waals surface area contributed by atoms with Crippen molar-refractivity contribution in [2.24, 2.45) is 0 Å². The Bertz CT molecular complexity index is 710. The molecule has 1 aromatic carbocycles. The van der Waals surface area contributed by atoms with Crippen LogP contribution >= 0.6 is 10.7 Å². The average Bonchev–Trinajstić information content (AvgIpc) is 2.39. The maximum Gasteiger partial charge on any atom is 0.261 e. The van der Waals surface area contributed by atoms with Crippen molar-refractivity contribution in [2.45, 2.75) is 16.2 Å². The molecule has 0 N–H and O–H groups in total. The summed E-state index contributed by atoms with van der Waals surface area (Å²) >= 11 is 0. The Kier molecular flexibility index (Phi) is 4.00. The number of halogens is 1. The number of hydrogen-bond donors (Lipinski definition) is 0. The van der Waals surface area contributed by atoms with Gasteiger partial charge in [0.05, 0.1) is 9.79 Å². The molecule has 1 aliphatic heterocycles. The van der Waals surface area contributed by atoms with E-state index in [9.17, 15) is 16.8 Å². The molecule has 0 spiro atoms. The Hall–Kier alpha value is -0.890. The van der Waals surface area contributed by atoms with Crippen molar-refractivity contribution in [3.8, 4) is 0 Å². The van der Waals surface area contributed by atoms with Gasteiger partial charge in [0.15, 0.2) is 0 Å². The van der Waals surface area contributed by atoms with E-state index in [4.69, 9.17) is 10.7 Å². The molecule has 1 heterocycles. The Morgan fingerprint density at radius 1 is 1.05 bits per heavy atom. The molecule has 0 aliphatic carbocycles. The summed E-state index contributed by atoms with van der Waals surface area (Å²) in [6.07, 6.45) is 4.32. The minimum absolute atomic E-state index is 0.0653. The highest BCUT2D eigenvalue weighted by Crippen LogP contribution is 2.22. The molecule has 0 saturated carbocycles. The van der Waals surface area contributed by atoms with Crippen molar-refractivity contribution < 1.29 is 16.8 Å². The van der Waals surface area contributed by atoms with Crippen molar-refractivity contribution in [2.75, 3.05) is 13.1 Å². The maximum atomic E-state index is 12.3. The second kappa shape index (κ2) is 5.24. The molecule has 8 heteroatoms. The van der Waals surface area contributed by atoms with Gasteiger partial charge in [-0.05, 0) is 24.6 Å². The van der Waals surface area contributed by atoms with Crippen LogP contribution in [-0.4, -0.2) is 34.2 Å². The van der Waals surface area contributed by atoms with E-state index in [-0.39, 0.29) is 9.79 Å². The highest BCUT2D eigenvalue weighted by molar-refractivity contribution is 8.13. The van der Waals surface area contributed by atoms with E-state index < -0.39 is 19.1 Å². The zero-order chi connectivity index (χ0) is 14.1. The van der Waals surface area contributed by atoms with Gasteiger partial charge in [0.2, 0.25) is 10.0 Å². The second-order valence-electron chi connectivity index (χ2n) is 4.04. The molecule has 5 nitrogen and oxygen atoms in total. The molecule has 0 bridgehead atoms. The summed E-state index contributed by atoms with van der Waals surface area (Å²) in [6, 6.07) is 5.06. The summed E-state index contributed by atoms with van der Waals surface area (Å²) in [4.78, 5) is -0.285. The minimum atomic E-state index is -3.94. The van der Waals surface area contributed by atoms with Crippen molar-refractivity contribution >= 4 is 29.8 Å². The van der Waals surface area contributed by atoms with Crippen LogP contribution in [0.25, 0.3) is 0 Å². The largest absolute Gasteiger partial charge is 0.261 e. The van der Waals surface area contributed by atoms with Gasteiger partial charge >= 0.3 is 0 Å². The Balaban J connectivity index is 2.44. The molecular weight excluding hydrogens is 310 g/mol. The number of hydrogen-bond acceptors (Lipinski definition) is 4. The van der Waals surface area contributed by atoms with E-state index in [1.54, 1.807) is 6.08 Å². The number of rotatable bonds is 3. The van der Waals surface area contributed by atoms with E-state index in [1.807, 2.05) is 6.08 Å². The fourth-order valence-corrected chi connectivity index (χ4v) is 4.10. The zero-order valence-electron chi connectivity index (χ0n) is 9.86. The fraction of sp³-hybridized carbons (Fsp3) is 0.273. The molecule has 0 fully saturated rings. The van der Waals surface area contributed by atoms with Crippen LogP contribution in [0.1, 0.15) is 6.42 Å². The van der Waals surface area contributed by atoms with Crippen molar-refractivity contribution in [3.05, 3.63) is 36.4 Å². The lowest BCUT2D eigenvalue weighted by atomic mass is 10.3. The van der Waals surface area contributed by atoms with Gasteiger partial charge in [0.25, 0.3) is 9.05 Å². The number of benzene rings is 1. The summed E-state index contributed by atoms with van der Waals surface area (Å²) in [5.74, 6) is 0. The van der Waals surface area contributed by atoms with Crippen LogP contribution in [0.5, 0.6) is 0 Å². The van der Waals surface area contributed by atoms with Crippen LogP contribution in [0.4, 0.5) is 0 Å².